The second kappa shape index (κ2) is 8.30. The molecule has 0 N–H and O–H groups in total. The van der Waals surface area contributed by atoms with Gasteiger partial charge in [0, 0.05) is 68.5 Å². The first-order valence-electron chi connectivity index (χ1n) is 14.5. The molecule has 0 saturated carbocycles. The van der Waals surface area contributed by atoms with Crippen LogP contribution in [0, 0.1) is 0 Å². The molecule has 0 atom stereocenters. The number of rotatable bonds is 2. The topological polar surface area (TPSA) is 40.1 Å². The molecule has 200 valence electrons. The van der Waals surface area contributed by atoms with E-state index in [1.807, 2.05) is 18.6 Å². The molecule has 43 heavy (non-hydrogen) atoms. The summed E-state index contributed by atoms with van der Waals surface area (Å²) in [6, 6.07) is 41.6. The minimum Gasteiger partial charge on any atom is -0.309 e. The number of aromatic nitrogens is 5. The van der Waals surface area contributed by atoms with Gasteiger partial charge in [-0.15, -0.1) is 0 Å². The maximum Gasteiger partial charge on any atom is 0.146 e. The van der Waals surface area contributed by atoms with E-state index < -0.39 is 0 Å². The molecule has 5 aromatic heterocycles. The molecule has 0 fully saturated rings. The molecule has 0 unspecified atom stereocenters. The third kappa shape index (κ3) is 2.95. The normalized spacial score (nSPS) is 12.2. The summed E-state index contributed by atoms with van der Waals surface area (Å²) in [5, 5.41) is 8.40. The quantitative estimate of drug-likeness (QED) is 0.202. The third-order valence-electron chi connectivity index (χ3n) is 8.96. The van der Waals surface area contributed by atoms with Crippen molar-refractivity contribution in [2.45, 2.75) is 0 Å². The van der Waals surface area contributed by atoms with E-state index >= 15 is 0 Å². The highest BCUT2D eigenvalue weighted by molar-refractivity contribution is 6.30. The second-order valence-corrected chi connectivity index (χ2v) is 11.1. The Balaban J connectivity index is 1.49. The summed E-state index contributed by atoms with van der Waals surface area (Å²) in [6.45, 7) is 0. The Kier molecular flexibility index (Phi) is 4.39. The first-order chi connectivity index (χ1) is 21.4. The van der Waals surface area contributed by atoms with Crippen LogP contribution in [-0.2, 0) is 0 Å². The largest absolute Gasteiger partial charge is 0.309 e. The van der Waals surface area contributed by atoms with Gasteiger partial charge in [-0.05, 0) is 66.0 Å². The molecular weight excluding hydrogens is 526 g/mol. The summed E-state index contributed by atoms with van der Waals surface area (Å²) in [4.78, 5) is 9.17. The summed E-state index contributed by atoms with van der Waals surface area (Å²) in [6.07, 6.45) is 7.74. The zero-order valence-corrected chi connectivity index (χ0v) is 23.0. The van der Waals surface area contributed by atoms with E-state index in [9.17, 15) is 0 Å². The lowest BCUT2D eigenvalue weighted by atomic mass is 10.0. The van der Waals surface area contributed by atoms with E-state index in [-0.39, 0.29) is 0 Å². The maximum atomic E-state index is 4.72. The lowest BCUT2D eigenvalue weighted by molar-refractivity contribution is 1.17. The summed E-state index contributed by atoms with van der Waals surface area (Å²) >= 11 is 0. The Morgan fingerprint density at radius 3 is 1.88 bits per heavy atom. The lowest BCUT2D eigenvalue weighted by Gasteiger charge is -2.11. The number of imidazole rings is 1. The molecule has 0 spiro atoms. The molecule has 0 radical (unpaired) electrons. The number of nitrogens with zero attached hydrogens (tertiary/aromatic N) is 5. The molecule has 10 rings (SSSR count). The fraction of sp³-hybridized carbons (Fsp3) is 0. The van der Waals surface area contributed by atoms with Gasteiger partial charge in [0.25, 0.3) is 0 Å². The molecule has 0 aliphatic rings. The number of benzene rings is 5. The minimum absolute atomic E-state index is 0.922. The third-order valence-corrected chi connectivity index (χ3v) is 8.96. The van der Waals surface area contributed by atoms with E-state index in [1.54, 1.807) is 0 Å². The number of pyridine rings is 2. The van der Waals surface area contributed by atoms with Crippen LogP contribution in [-0.4, -0.2) is 23.5 Å². The highest BCUT2D eigenvalue weighted by atomic mass is 15.0. The fourth-order valence-electron chi connectivity index (χ4n) is 7.23. The monoisotopic (exact) mass is 549 g/mol. The standard InChI is InChI=1S/C38H23N5/c1-3-9-24(10-4-1)42-31-14-8-7-13-27(31)36-32(42)15-16-33-37(36)29-21-28-26-17-18-39-23-30(26)38-40-19-20-41(38)34(28)22-35(29)43(33)25-11-5-2-6-12-25/h1-23H. The van der Waals surface area contributed by atoms with E-state index in [0.29, 0.717) is 0 Å². The number of hydrogen-bond acceptors (Lipinski definition) is 2. The van der Waals surface area contributed by atoms with Gasteiger partial charge >= 0.3 is 0 Å². The fourth-order valence-corrected chi connectivity index (χ4v) is 7.23. The van der Waals surface area contributed by atoms with Crippen LogP contribution >= 0.6 is 0 Å². The Morgan fingerprint density at radius 2 is 1.12 bits per heavy atom. The Bertz CT molecular complexity index is 2710. The van der Waals surface area contributed by atoms with E-state index in [2.05, 4.69) is 140 Å². The van der Waals surface area contributed by atoms with E-state index in [0.717, 1.165) is 33.3 Å². The molecule has 5 nitrogen and oxygen atoms in total. The zero-order chi connectivity index (χ0) is 28.1. The van der Waals surface area contributed by atoms with Crippen LogP contribution in [0.15, 0.2) is 140 Å². The first kappa shape index (κ1) is 22.7. The van der Waals surface area contributed by atoms with Gasteiger partial charge in [0.1, 0.15) is 5.65 Å². The predicted octanol–water partition coefficient (Wildman–Crippen LogP) is 9.23. The number of fused-ring (bicyclic) bond motifs is 13. The number of para-hydroxylation sites is 3. The van der Waals surface area contributed by atoms with Crippen LogP contribution in [0.3, 0.4) is 0 Å². The van der Waals surface area contributed by atoms with Gasteiger partial charge in [-0.25, -0.2) is 4.98 Å². The molecular formula is C38H23N5. The lowest BCUT2D eigenvalue weighted by Crippen LogP contribution is -1.95. The maximum absolute atomic E-state index is 4.72. The van der Waals surface area contributed by atoms with Crippen molar-refractivity contribution >= 4 is 70.9 Å². The average Bonchev–Trinajstić information content (AvgIpc) is 3.78. The molecule has 5 heterocycles. The van der Waals surface area contributed by atoms with Crippen molar-refractivity contribution in [2.24, 2.45) is 0 Å². The number of hydrogen-bond donors (Lipinski definition) is 0. The molecule has 0 saturated heterocycles. The highest BCUT2D eigenvalue weighted by Gasteiger charge is 2.22. The van der Waals surface area contributed by atoms with Gasteiger partial charge in [-0.2, -0.15) is 0 Å². The summed E-state index contributed by atoms with van der Waals surface area (Å²) in [5.74, 6) is 0. The van der Waals surface area contributed by atoms with Crippen LogP contribution < -0.4 is 0 Å². The summed E-state index contributed by atoms with van der Waals surface area (Å²) in [7, 11) is 0. The van der Waals surface area contributed by atoms with Crippen molar-refractivity contribution in [1.29, 1.82) is 0 Å². The Labute approximate surface area is 245 Å². The van der Waals surface area contributed by atoms with Gasteiger partial charge in [0.2, 0.25) is 0 Å². The average molecular weight is 550 g/mol. The van der Waals surface area contributed by atoms with Crippen molar-refractivity contribution < 1.29 is 0 Å². The van der Waals surface area contributed by atoms with Gasteiger partial charge in [-0.3, -0.25) is 9.38 Å². The van der Waals surface area contributed by atoms with Gasteiger partial charge in [0.15, 0.2) is 0 Å². The molecule has 0 amide bonds. The first-order valence-corrected chi connectivity index (χ1v) is 14.5. The van der Waals surface area contributed by atoms with Crippen molar-refractivity contribution in [3.8, 4) is 11.4 Å². The smallest absolute Gasteiger partial charge is 0.146 e. The van der Waals surface area contributed by atoms with Crippen LogP contribution in [0.1, 0.15) is 0 Å². The highest BCUT2D eigenvalue weighted by Crippen LogP contribution is 2.44. The molecule has 5 aromatic carbocycles. The van der Waals surface area contributed by atoms with E-state index in [4.69, 9.17) is 4.98 Å². The summed E-state index contributed by atoms with van der Waals surface area (Å²) in [5.41, 5.74) is 9.10. The van der Waals surface area contributed by atoms with Crippen LogP contribution in [0.4, 0.5) is 0 Å². The Morgan fingerprint density at radius 1 is 0.442 bits per heavy atom. The van der Waals surface area contributed by atoms with Crippen LogP contribution in [0.2, 0.25) is 0 Å². The SMILES string of the molecule is c1ccc(-n2c3ccccc3c3c4c5cc6c7ccncc7c7nccn7c6cc5n(-c5ccccc5)c4ccc32)cc1. The Hall–Kier alpha value is -5.94. The second-order valence-electron chi connectivity index (χ2n) is 11.1. The van der Waals surface area contributed by atoms with Crippen molar-refractivity contribution in [3.63, 3.8) is 0 Å². The van der Waals surface area contributed by atoms with Gasteiger partial charge in [0.05, 0.1) is 27.6 Å². The van der Waals surface area contributed by atoms with Crippen molar-refractivity contribution in [3.05, 3.63) is 140 Å². The molecule has 0 aliphatic carbocycles. The van der Waals surface area contributed by atoms with Gasteiger partial charge in [-0.1, -0.05) is 54.6 Å². The summed E-state index contributed by atoms with van der Waals surface area (Å²) < 4.78 is 7.01. The van der Waals surface area contributed by atoms with E-state index in [1.165, 1.54) is 49.0 Å². The molecule has 0 bridgehead atoms. The zero-order valence-electron chi connectivity index (χ0n) is 23.0. The molecule has 5 heteroatoms. The van der Waals surface area contributed by atoms with Gasteiger partial charge < -0.3 is 9.13 Å². The van der Waals surface area contributed by atoms with Crippen LogP contribution in [0.5, 0.6) is 0 Å². The van der Waals surface area contributed by atoms with Crippen LogP contribution in [0.25, 0.3) is 82.3 Å². The molecule has 10 aromatic rings. The van der Waals surface area contributed by atoms with Crippen molar-refractivity contribution in [2.75, 3.05) is 0 Å². The van der Waals surface area contributed by atoms with Crippen molar-refractivity contribution in [1.82, 2.24) is 23.5 Å². The predicted molar refractivity (Wildman–Crippen MR) is 177 cm³/mol. The molecule has 0 aliphatic heterocycles. The minimum atomic E-state index is 0.922.